The Hall–Kier alpha value is -0.340. The summed E-state index contributed by atoms with van der Waals surface area (Å²) in [5.41, 5.74) is 1.33. The van der Waals surface area contributed by atoms with Crippen molar-refractivity contribution in [1.82, 2.24) is 5.32 Å². The average molecular weight is 253 g/mol. The van der Waals surface area contributed by atoms with Crippen molar-refractivity contribution < 1.29 is 4.74 Å². The zero-order valence-electron chi connectivity index (χ0n) is 12.5. The average Bonchev–Trinajstić information content (AvgIpc) is 2.43. The molecule has 1 aliphatic carbocycles. The molecule has 1 N–H and O–H groups in total. The highest BCUT2D eigenvalue weighted by atomic mass is 16.5. The minimum atomic E-state index is 0.364. The van der Waals surface area contributed by atoms with Crippen LogP contribution in [0, 0.1) is 5.92 Å². The van der Waals surface area contributed by atoms with Gasteiger partial charge < -0.3 is 10.1 Å². The summed E-state index contributed by atoms with van der Waals surface area (Å²) >= 11 is 0. The van der Waals surface area contributed by atoms with Crippen LogP contribution in [0.5, 0.6) is 0 Å². The molecule has 1 rings (SSSR count). The van der Waals surface area contributed by atoms with Crippen molar-refractivity contribution in [2.45, 2.75) is 70.9 Å². The van der Waals surface area contributed by atoms with E-state index in [0.29, 0.717) is 12.1 Å². The standard InChI is InChI=1S/C16H31NO/c1-5-13(3)12-15(17-4)16(18-6-2)14-10-8-7-9-11-14/h14-17H,3,5-12H2,1-2,4H3. The van der Waals surface area contributed by atoms with E-state index >= 15 is 0 Å². The number of hydrogen-bond donors (Lipinski definition) is 1. The van der Waals surface area contributed by atoms with Crippen LogP contribution in [-0.2, 0) is 4.74 Å². The molecule has 0 aromatic heterocycles. The molecule has 2 unspecified atom stereocenters. The van der Waals surface area contributed by atoms with Crippen molar-refractivity contribution in [1.29, 1.82) is 0 Å². The Bertz CT molecular complexity index is 233. The van der Waals surface area contributed by atoms with Crippen LogP contribution < -0.4 is 5.32 Å². The molecule has 0 saturated heterocycles. The first-order valence-electron chi connectivity index (χ1n) is 7.68. The number of nitrogens with one attached hydrogen (secondary N) is 1. The van der Waals surface area contributed by atoms with Gasteiger partial charge in [0.25, 0.3) is 0 Å². The lowest BCUT2D eigenvalue weighted by Gasteiger charge is -2.36. The maximum atomic E-state index is 6.08. The Morgan fingerprint density at radius 1 is 1.28 bits per heavy atom. The third-order valence-corrected chi connectivity index (χ3v) is 4.25. The van der Waals surface area contributed by atoms with Crippen LogP contribution in [-0.4, -0.2) is 25.8 Å². The van der Waals surface area contributed by atoms with Crippen molar-refractivity contribution in [3.63, 3.8) is 0 Å². The van der Waals surface area contributed by atoms with Gasteiger partial charge in [0.2, 0.25) is 0 Å². The fourth-order valence-electron chi connectivity index (χ4n) is 3.07. The molecule has 0 aromatic carbocycles. The molecule has 2 nitrogen and oxygen atoms in total. The van der Waals surface area contributed by atoms with E-state index in [4.69, 9.17) is 4.74 Å². The van der Waals surface area contributed by atoms with Gasteiger partial charge in [-0.15, -0.1) is 0 Å². The van der Waals surface area contributed by atoms with E-state index in [2.05, 4.69) is 32.8 Å². The molecule has 0 spiro atoms. The van der Waals surface area contributed by atoms with Crippen molar-refractivity contribution >= 4 is 0 Å². The molecular formula is C16H31NO. The van der Waals surface area contributed by atoms with Gasteiger partial charge in [-0.2, -0.15) is 0 Å². The highest BCUT2D eigenvalue weighted by molar-refractivity contribution is 4.99. The van der Waals surface area contributed by atoms with E-state index in [1.54, 1.807) is 0 Å². The molecule has 0 radical (unpaired) electrons. The highest BCUT2D eigenvalue weighted by Gasteiger charge is 2.30. The fraction of sp³-hybridized carbons (Fsp3) is 0.875. The van der Waals surface area contributed by atoms with Crippen LogP contribution in [0.3, 0.4) is 0 Å². The zero-order chi connectivity index (χ0) is 13.4. The van der Waals surface area contributed by atoms with Gasteiger partial charge in [0.15, 0.2) is 0 Å². The molecule has 0 amide bonds. The quantitative estimate of drug-likeness (QED) is 0.662. The van der Waals surface area contributed by atoms with Gasteiger partial charge in [0.05, 0.1) is 6.10 Å². The summed E-state index contributed by atoms with van der Waals surface area (Å²) < 4.78 is 6.08. The van der Waals surface area contributed by atoms with E-state index in [0.717, 1.165) is 25.4 Å². The SMILES string of the molecule is C=C(CC)CC(NC)C(OCC)C1CCCCC1. The normalized spacial score (nSPS) is 20.6. The molecule has 106 valence electrons. The minimum Gasteiger partial charge on any atom is -0.377 e. The second-order valence-corrected chi connectivity index (χ2v) is 5.52. The Labute approximate surface area is 113 Å². The smallest absolute Gasteiger partial charge is 0.0758 e. The molecule has 0 heterocycles. The number of rotatable bonds is 8. The van der Waals surface area contributed by atoms with E-state index in [-0.39, 0.29) is 0 Å². The third kappa shape index (κ3) is 4.74. The van der Waals surface area contributed by atoms with Crippen LogP contribution in [0.25, 0.3) is 0 Å². The molecule has 0 bridgehead atoms. The van der Waals surface area contributed by atoms with E-state index < -0.39 is 0 Å². The van der Waals surface area contributed by atoms with Crippen molar-refractivity contribution in [2.75, 3.05) is 13.7 Å². The molecule has 0 aliphatic heterocycles. The lowest BCUT2D eigenvalue weighted by molar-refractivity contribution is -0.0159. The summed E-state index contributed by atoms with van der Waals surface area (Å²) in [6, 6.07) is 0.431. The Morgan fingerprint density at radius 2 is 1.94 bits per heavy atom. The second kappa shape index (κ2) is 8.71. The number of ether oxygens (including phenoxy) is 1. The van der Waals surface area contributed by atoms with Crippen LogP contribution in [0.15, 0.2) is 12.2 Å². The maximum absolute atomic E-state index is 6.08. The minimum absolute atomic E-state index is 0.364. The summed E-state index contributed by atoms with van der Waals surface area (Å²) in [6.07, 6.45) is 9.31. The van der Waals surface area contributed by atoms with Gasteiger partial charge in [0, 0.05) is 12.6 Å². The van der Waals surface area contributed by atoms with Crippen molar-refractivity contribution in [3.05, 3.63) is 12.2 Å². The summed E-state index contributed by atoms with van der Waals surface area (Å²) in [7, 11) is 2.06. The topological polar surface area (TPSA) is 21.3 Å². The predicted molar refractivity (Wildman–Crippen MR) is 78.9 cm³/mol. The van der Waals surface area contributed by atoms with Gasteiger partial charge in [-0.1, -0.05) is 38.3 Å². The highest BCUT2D eigenvalue weighted by Crippen LogP contribution is 2.31. The molecule has 0 aromatic rings. The van der Waals surface area contributed by atoms with E-state index in [1.807, 2.05) is 0 Å². The summed E-state index contributed by atoms with van der Waals surface area (Å²) in [4.78, 5) is 0. The molecule has 1 aliphatic rings. The van der Waals surface area contributed by atoms with Crippen LogP contribution >= 0.6 is 0 Å². The van der Waals surface area contributed by atoms with Crippen LogP contribution in [0.1, 0.15) is 58.8 Å². The first kappa shape index (κ1) is 15.7. The Kier molecular flexibility index (Phi) is 7.60. The summed E-state index contributed by atoms with van der Waals surface area (Å²) in [6.45, 7) is 9.26. The molecule has 2 atom stereocenters. The van der Waals surface area contributed by atoms with Crippen LogP contribution in [0.4, 0.5) is 0 Å². The fourth-order valence-corrected chi connectivity index (χ4v) is 3.07. The molecule has 18 heavy (non-hydrogen) atoms. The number of likely N-dealkylation sites (N-methyl/N-ethyl adjacent to an activating group) is 1. The molecule has 1 fully saturated rings. The van der Waals surface area contributed by atoms with Gasteiger partial charge in [-0.05, 0) is 45.6 Å². The predicted octanol–water partition coefficient (Wildman–Crippen LogP) is 3.92. The molecule has 1 saturated carbocycles. The third-order valence-electron chi connectivity index (χ3n) is 4.25. The van der Waals surface area contributed by atoms with Gasteiger partial charge in [-0.3, -0.25) is 0 Å². The lowest BCUT2D eigenvalue weighted by atomic mass is 9.81. The molecule has 2 heteroatoms. The lowest BCUT2D eigenvalue weighted by Crippen LogP contribution is -2.44. The number of hydrogen-bond acceptors (Lipinski definition) is 2. The first-order valence-corrected chi connectivity index (χ1v) is 7.68. The molecular weight excluding hydrogens is 222 g/mol. The van der Waals surface area contributed by atoms with Gasteiger partial charge in [0.1, 0.15) is 0 Å². The first-order chi connectivity index (χ1) is 8.72. The van der Waals surface area contributed by atoms with E-state index in [1.165, 1.54) is 37.7 Å². The Morgan fingerprint density at radius 3 is 2.44 bits per heavy atom. The summed E-state index contributed by atoms with van der Waals surface area (Å²) in [5.74, 6) is 0.737. The Balaban J connectivity index is 2.63. The summed E-state index contributed by atoms with van der Waals surface area (Å²) in [5, 5.41) is 3.46. The van der Waals surface area contributed by atoms with Crippen molar-refractivity contribution in [3.8, 4) is 0 Å². The zero-order valence-corrected chi connectivity index (χ0v) is 12.5. The largest absolute Gasteiger partial charge is 0.377 e. The van der Waals surface area contributed by atoms with Crippen LogP contribution in [0.2, 0.25) is 0 Å². The second-order valence-electron chi connectivity index (χ2n) is 5.52. The van der Waals surface area contributed by atoms with E-state index in [9.17, 15) is 0 Å². The van der Waals surface area contributed by atoms with Gasteiger partial charge >= 0.3 is 0 Å². The van der Waals surface area contributed by atoms with Crippen molar-refractivity contribution in [2.24, 2.45) is 5.92 Å². The van der Waals surface area contributed by atoms with Gasteiger partial charge in [-0.25, -0.2) is 0 Å². The maximum Gasteiger partial charge on any atom is 0.0758 e. The monoisotopic (exact) mass is 253 g/mol.